The molecule has 1 aliphatic heterocycles. The van der Waals surface area contributed by atoms with Crippen molar-refractivity contribution in [2.45, 2.75) is 11.8 Å². The van der Waals surface area contributed by atoms with E-state index in [0.29, 0.717) is 12.2 Å². The molecule has 0 atom stereocenters. The molecular weight excluding hydrogens is 246 g/mol. The second-order valence-corrected chi connectivity index (χ2v) is 4.95. The van der Waals surface area contributed by atoms with Crippen LogP contribution in [0.4, 0.5) is 5.69 Å². The van der Waals surface area contributed by atoms with Crippen molar-refractivity contribution in [2.75, 3.05) is 11.4 Å². The minimum atomic E-state index is -4.37. The van der Waals surface area contributed by atoms with Crippen molar-refractivity contribution in [3.8, 4) is 0 Å². The molecule has 1 heterocycles. The van der Waals surface area contributed by atoms with Gasteiger partial charge in [0.25, 0.3) is 21.8 Å². The molecule has 7 heteroatoms. The van der Waals surface area contributed by atoms with Crippen LogP contribution in [0.5, 0.6) is 0 Å². The van der Waals surface area contributed by atoms with Crippen molar-refractivity contribution in [2.24, 2.45) is 0 Å². The zero-order valence-corrected chi connectivity index (χ0v) is 9.69. The number of hydrogen-bond acceptors (Lipinski definition) is 4. The third kappa shape index (κ3) is 1.73. The van der Waals surface area contributed by atoms with Gasteiger partial charge in [-0.25, -0.2) is 0 Å². The van der Waals surface area contributed by atoms with Crippen LogP contribution in [0.3, 0.4) is 0 Å². The van der Waals surface area contributed by atoms with Crippen molar-refractivity contribution in [1.29, 1.82) is 0 Å². The lowest BCUT2D eigenvalue weighted by Gasteiger charge is -2.12. The standard InChI is InChI=1S/C10H9NO5S/c1-2-11-8-4-3-6(17(14,15)16)5-7(8)9(12)10(11)13/h3-5H,2H2,1H3,(H,14,15,16). The predicted octanol–water partition coefficient (Wildman–Crippen LogP) is 0.482. The fourth-order valence-electron chi connectivity index (χ4n) is 1.75. The van der Waals surface area contributed by atoms with Gasteiger partial charge in [-0.15, -0.1) is 0 Å². The second kappa shape index (κ2) is 3.64. The number of carbonyl (C=O) groups is 2. The summed E-state index contributed by atoms with van der Waals surface area (Å²) >= 11 is 0. The Morgan fingerprint density at radius 3 is 2.47 bits per heavy atom. The fourth-order valence-corrected chi connectivity index (χ4v) is 2.26. The molecule has 1 N–H and O–H groups in total. The molecule has 0 unspecified atom stereocenters. The largest absolute Gasteiger partial charge is 0.305 e. The van der Waals surface area contributed by atoms with Gasteiger partial charge in [-0.3, -0.25) is 14.1 Å². The van der Waals surface area contributed by atoms with Crippen LogP contribution in [0, 0.1) is 0 Å². The van der Waals surface area contributed by atoms with E-state index in [0.717, 1.165) is 12.1 Å². The molecule has 2 rings (SSSR count). The van der Waals surface area contributed by atoms with Gasteiger partial charge in [0.15, 0.2) is 0 Å². The van der Waals surface area contributed by atoms with Crippen LogP contribution in [-0.4, -0.2) is 31.2 Å². The number of benzene rings is 1. The number of Topliss-reactive ketones (excluding diaryl/α,β-unsaturated/α-hetero) is 1. The highest BCUT2D eigenvalue weighted by Crippen LogP contribution is 2.30. The summed E-state index contributed by atoms with van der Waals surface area (Å²) in [5, 5.41) is 0. The lowest BCUT2D eigenvalue weighted by atomic mass is 10.1. The molecule has 1 aliphatic rings. The summed E-state index contributed by atoms with van der Waals surface area (Å²) in [7, 11) is -4.37. The van der Waals surface area contributed by atoms with Gasteiger partial charge in [0.2, 0.25) is 0 Å². The number of ketones is 1. The van der Waals surface area contributed by atoms with Crippen molar-refractivity contribution in [1.82, 2.24) is 0 Å². The summed E-state index contributed by atoms with van der Waals surface area (Å²) in [5.74, 6) is -1.44. The summed E-state index contributed by atoms with van der Waals surface area (Å²) in [6.07, 6.45) is 0. The summed E-state index contributed by atoms with van der Waals surface area (Å²) in [5.41, 5.74) is 0.377. The van der Waals surface area contributed by atoms with Gasteiger partial charge in [-0.2, -0.15) is 8.42 Å². The highest BCUT2D eigenvalue weighted by atomic mass is 32.2. The Morgan fingerprint density at radius 1 is 1.29 bits per heavy atom. The Bertz CT molecular complexity index is 620. The maximum absolute atomic E-state index is 11.6. The van der Waals surface area contributed by atoms with Crippen molar-refractivity contribution < 1.29 is 22.6 Å². The second-order valence-electron chi connectivity index (χ2n) is 3.53. The molecule has 1 aromatic carbocycles. The molecule has 0 radical (unpaired) electrons. The van der Waals surface area contributed by atoms with Crippen molar-refractivity contribution in [3.05, 3.63) is 23.8 Å². The van der Waals surface area contributed by atoms with E-state index in [9.17, 15) is 18.0 Å². The monoisotopic (exact) mass is 255 g/mol. The summed E-state index contributed by atoms with van der Waals surface area (Å²) < 4.78 is 30.7. The van der Waals surface area contributed by atoms with Crippen molar-refractivity contribution in [3.63, 3.8) is 0 Å². The molecule has 90 valence electrons. The average molecular weight is 255 g/mol. The quantitative estimate of drug-likeness (QED) is 0.613. The van der Waals surface area contributed by atoms with E-state index in [1.54, 1.807) is 6.92 Å². The Hall–Kier alpha value is -1.73. The van der Waals surface area contributed by atoms with Crippen LogP contribution in [0.2, 0.25) is 0 Å². The third-order valence-electron chi connectivity index (χ3n) is 2.56. The first-order valence-corrected chi connectivity index (χ1v) is 6.28. The molecule has 6 nitrogen and oxygen atoms in total. The number of carbonyl (C=O) groups excluding carboxylic acids is 2. The van der Waals surface area contributed by atoms with Crippen molar-refractivity contribution >= 4 is 27.5 Å². The van der Waals surface area contributed by atoms with E-state index >= 15 is 0 Å². The highest BCUT2D eigenvalue weighted by molar-refractivity contribution is 7.85. The van der Waals surface area contributed by atoms with Gasteiger partial charge >= 0.3 is 0 Å². The number of nitrogens with zero attached hydrogens (tertiary/aromatic N) is 1. The van der Waals surface area contributed by atoms with Crippen LogP contribution >= 0.6 is 0 Å². The van der Waals surface area contributed by atoms with Crippen LogP contribution in [-0.2, 0) is 14.9 Å². The number of amides is 1. The van der Waals surface area contributed by atoms with Gasteiger partial charge in [-0.05, 0) is 25.1 Å². The SMILES string of the molecule is CCN1C(=O)C(=O)c2cc(S(=O)(=O)O)ccc21. The minimum Gasteiger partial charge on any atom is -0.305 e. The number of likely N-dealkylation sites (N-methyl/N-ethyl adjacent to an activating group) is 1. The Labute approximate surface area is 97.6 Å². The summed E-state index contributed by atoms with van der Waals surface area (Å²) in [6, 6.07) is 3.51. The normalized spacial score (nSPS) is 15.3. The van der Waals surface area contributed by atoms with E-state index in [4.69, 9.17) is 4.55 Å². The zero-order chi connectivity index (χ0) is 12.8. The van der Waals surface area contributed by atoms with Crippen LogP contribution in [0.1, 0.15) is 17.3 Å². The molecule has 1 aromatic rings. The Kier molecular flexibility index (Phi) is 2.52. The number of anilines is 1. The fraction of sp³-hybridized carbons (Fsp3) is 0.200. The van der Waals surface area contributed by atoms with Gasteiger partial charge in [0.05, 0.1) is 16.1 Å². The van der Waals surface area contributed by atoms with E-state index in [1.165, 1.54) is 11.0 Å². The molecule has 0 spiro atoms. The first kappa shape index (κ1) is 11.7. The first-order valence-electron chi connectivity index (χ1n) is 4.84. The molecule has 0 fully saturated rings. The lowest BCUT2D eigenvalue weighted by Crippen LogP contribution is -2.29. The predicted molar refractivity (Wildman–Crippen MR) is 58.6 cm³/mol. The van der Waals surface area contributed by atoms with E-state index in [1.807, 2.05) is 0 Å². The highest BCUT2D eigenvalue weighted by Gasteiger charge is 2.35. The Balaban J connectivity index is 2.64. The van der Waals surface area contributed by atoms with Crippen LogP contribution in [0.25, 0.3) is 0 Å². The van der Waals surface area contributed by atoms with Gasteiger partial charge < -0.3 is 4.90 Å². The molecule has 0 aromatic heterocycles. The van der Waals surface area contributed by atoms with E-state index in [2.05, 4.69) is 0 Å². The smallest absolute Gasteiger partial charge is 0.299 e. The van der Waals surface area contributed by atoms with Gasteiger partial charge in [0, 0.05) is 6.54 Å². The lowest BCUT2D eigenvalue weighted by molar-refractivity contribution is -0.114. The molecule has 0 bridgehead atoms. The molecule has 0 saturated heterocycles. The van der Waals surface area contributed by atoms with E-state index < -0.39 is 26.7 Å². The molecular formula is C10H9NO5S. The molecule has 0 aliphatic carbocycles. The molecule has 0 saturated carbocycles. The maximum Gasteiger partial charge on any atom is 0.299 e. The van der Waals surface area contributed by atoms with Gasteiger partial charge in [-0.1, -0.05) is 0 Å². The first-order chi connectivity index (χ1) is 7.86. The van der Waals surface area contributed by atoms with Crippen LogP contribution < -0.4 is 4.90 Å². The molecule has 17 heavy (non-hydrogen) atoms. The maximum atomic E-state index is 11.6. The zero-order valence-electron chi connectivity index (χ0n) is 8.87. The number of rotatable bonds is 2. The minimum absolute atomic E-state index is 0.00646. The third-order valence-corrected chi connectivity index (χ3v) is 3.41. The van der Waals surface area contributed by atoms with E-state index in [-0.39, 0.29) is 5.56 Å². The van der Waals surface area contributed by atoms with Crippen LogP contribution in [0.15, 0.2) is 23.1 Å². The van der Waals surface area contributed by atoms with Gasteiger partial charge in [0.1, 0.15) is 0 Å². The molecule has 1 amide bonds. The number of hydrogen-bond donors (Lipinski definition) is 1. The summed E-state index contributed by atoms with van der Waals surface area (Å²) in [4.78, 5) is 24.0. The Morgan fingerprint density at radius 2 is 1.94 bits per heavy atom. The average Bonchev–Trinajstić information content (AvgIpc) is 2.50. The number of fused-ring (bicyclic) bond motifs is 1. The summed E-state index contributed by atoms with van der Waals surface area (Å²) in [6.45, 7) is 2.03. The topological polar surface area (TPSA) is 91.8 Å².